The van der Waals surface area contributed by atoms with Crippen LogP contribution in [0.4, 0.5) is 0 Å². The Hall–Kier alpha value is -2.35. The third-order valence-corrected chi connectivity index (χ3v) is 4.01. The molecule has 22 heavy (non-hydrogen) atoms. The van der Waals surface area contributed by atoms with Gasteiger partial charge in [-0.2, -0.15) is 4.68 Å². The first kappa shape index (κ1) is 16.0. The van der Waals surface area contributed by atoms with Crippen LogP contribution in [0.5, 0.6) is 0 Å². The maximum absolute atomic E-state index is 12.0. The van der Waals surface area contributed by atoms with Gasteiger partial charge in [-0.05, 0) is 12.5 Å². The molecule has 0 unspecified atom stereocenters. The van der Waals surface area contributed by atoms with E-state index in [0.29, 0.717) is 10.9 Å². The number of benzene rings is 1. The fourth-order valence-electron chi connectivity index (χ4n) is 1.73. The van der Waals surface area contributed by atoms with Gasteiger partial charge in [0.2, 0.25) is 5.16 Å². The number of aryl methyl sites for hydroxylation is 2. The zero-order valence-electron chi connectivity index (χ0n) is 12.0. The van der Waals surface area contributed by atoms with Crippen LogP contribution in [0.1, 0.15) is 23.2 Å². The molecule has 1 aromatic heterocycles. The molecule has 1 heterocycles. The molecule has 116 valence electrons. The highest BCUT2D eigenvalue weighted by molar-refractivity contribution is 7.98. The lowest BCUT2D eigenvalue weighted by atomic mass is 10.2. The molecule has 3 N–H and O–H groups in total. The van der Waals surface area contributed by atoms with Crippen LogP contribution in [0.2, 0.25) is 0 Å². The summed E-state index contributed by atoms with van der Waals surface area (Å²) in [5.74, 6) is 5.33. The number of hydrogen-bond donors (Lipinski definition) is 2. The summed E-state index contributed by atoms with van der Waals surface area (Å²) in [5, 5.41) is 16.6. The Morgan fingerprint density at radius 3 is 2.64 bits per heavy atom. The third kappa shape index (κ3) is 4.08. The normalized spacial score (nSPS) is 10.6. The number of aromatic nitrogens is 3. The van der Waals surface area contributed by atoms with Gasteiger partial charge in [0, 0.05) is 12.2 Å². The van der Waals surface area contributed by atoms with Gasteiger partial charge in [0.25, 0.3) is 5.56 Å². The molecule has 0 aliphatic carbocycles. The number of nitrogen functional groups attached to an aromatic ring is 1. The Balaban J connectivity index is 2.08. The van der Waals surface area contributed by atoms with Crippen LogP contribution >= 0.6 is 11.8 Å². The van der Waals surface area contributed by atoms with Crippen molar-refractivity contribution in [3.05, 3.63) is 51.4 Å². The van der Waals surface area contributed by atoms with Gasteiger partial charge < -0.3 is 10.9 Å². The highest BCUT2D eigenvalue weighted by atomic mass is 32.2. The maximum Gasteiger partial charge on any atom is 0.303 e. The Morgan fingerprint density at radius 2 is 2.00 bits per heavy atom. The molecular formula is C14H16N4O3S. The molecule has 0 saturated heterocycles. The number of carbonyl (C=O) groups is 1. The lowest BCUT2D eigenvalue weighted by Gasteiger charge is -2.07. The van der Waals surface area contributed by atoms with Crippen molar-refractivity contribution in [3.63, 3.8) is 0 Å². The van der Waals surface area contributed by atoms with Gasteiger partial charge >= 0.3 is 5.97 Å². The lowest BCUT2D eigenvalue weighted by Crippen LogP contribution is -2.33. The molecule has 7 nitrogen and oxygen atoms in total. The van der Waals surface area contributed by atoms with Crippen molar-refractivity contribution in [1.29, 1.82) is 0 Å². The van der Waals surface area contributed by atoms with Crippen LogP contribution in [0.3, 0.4) is 0 Å². The van der Waals surface area contributed by atoms with Gasteiger partial charge in [-0.1, -0.05) is 41.6 Å². The van der Waals surface area contributed by atoms with Crippen LogP contribution in [-0.4, -0.2) is 25.9 Å². The molecule has 0 aliphatic rings. The van der Waals surface area contributed by atoms with Gasteiger partial charge in [0.15, 0.2) is 0 Å². The predicted molar refractivity (Wildman–Crippen MR) is 83.1 cm³/mol. The molecule has 2 rings (SSSR count). The third-order valence-electron chi connectivity index (χ3n) is 2.99. The summed E-state index contributed by atoms with van der Waals surface area (Å²) in [6.07, 6.45) is -0.166. The Labute approximate surface area is 131 Å². The van der Waals surface area contributed by atoms with Gasteiger partial charge in [-0.25, -0.2) is 0 Å². The average Bonchev–Trinajstić information content (AvgIpc) is 2.49. The van der Waals surface area contributed by atoms with Crippen molar-refractivity contribution < 1.29 is 9.90 Å². The smallest absolute Gasteiger partial charge is 0.303 e. The molecule has 0 amide bonds. The van der Waals surface area contributed by atoms with Gasteiger partial charge in [-0.15, -0.1) is 10.2 Å². The first-order valence-corrected chi connectivity index (χ1v) is 7.59. The predicted octanol–water partition coefficient (Wildman–Crippen LogP) is 0.970. The van der Waals surface area contributed by atoms with Crippen molar-refractivity contribution in [1.82, 2.24) is 14.9 Å². The molecule has 1 aromatic carbocycles. The van der Waals surface area contributed by atoms with Gasteiger partial charge in [0.05, 0.1) is 6.42 Å². The summed E-state index contributed by atoms with van der Waals surface area (Å²) in [7, 11) is 0. The van der Waals surface area contributed by atoms with E-state index in [1.165, 1.54) is 17.3 Å². The topological polar surface area (TPSA) is 111 Å². The number of carboxylic acids is 1. The van der Waals surface area contributed by atoms with Crippen LogP contribution in [0.15, 0.2) is 34.2 Å². The second kappa shape index (κ2) is 7.08. The number of aliphatic carboxylic acids is 1. The molecule has 0 aliphatic heterocycles. The first-order chi connectivity index (χ1) is 10.5. The standard InChI is InChI=1S/C14H16N4O3S/c1-9-2-4-10(5-3-9)8-22-14-17-16-11(6-7-12(19)20)13(21)18(14)15/h2-5H,6-8,15H2,1H3,(H,19,20). The number of thioether (sulfide) groups is 1. The van der Waals surface area contributed by atoms with Gasteiger partial charge in [-0.3, -0.25) is 9.59 Å². The van der Waals surface area contributed by atoms with E-state index in [4.69, 9.17) is 10.9 Å². The van der Waals surface area contributed by atoms with Gasteiger partial charge in [0.1, 0.15) is 5.69 Å². The second-order valence-electron chi connectivity index (χ2n) is 4.77. The average molecular weight is 320 g/mol. The number of carboxylic acid groups (broad SMARTS) is 1. The van der Waals surface area contributed by atoms with Crippen LogP contribution < -0.4 is 11.4 Å². The van der Waals surface area contributed by atoms with E-state index in [2.05, 4.69) is 10.2 Å². The molecule has 0 spiro atoms. The zero-order valence-corrected chi connectivity index (χ0v) is 12.8. The Morgan fingerprint density at radius 1 is 1.32 bits per heavy atom. The summed E-state index contributed by atoms with van der Waals surface area (Å²) in [4.78, 5) is 22.5. The number of hydrogen-bond acceptors (Lipinski definition) is 6. The van der Waals surface area contributed by atoms with E-state index in [0.717, 1.165) is 10.2 Å². The molecular weight excluding hydrogens is 304 g/mol. The van der Waals surface area contributed by atoms with E-state index in [9.17, 15) is 9.59 Å². The fourth-order valence-corrected chi connectivity index (χ4v) is 2.54. The Bertz CT molecular complexity index is 728. The SMILES string of the molecule is Cc1ccc(CSc2nnc(CCC(=O)O)c(=O)n2N)cc1. The van der Waals surface area contributed by atoms with Crippen molar-refractivity contribution >= 4 is 17.7 Å². The monoisotopic (exact) mass is 320 g/mol. The summed E-state index contributed by atoms with van der Waals surface area (Å²) in [6.45, 7) is 2.01. The van der Waals surface area contributed by atoms with E-state index in [-0.39, 0.29) is 18.5 Å². The highest BCUT2D eigenvalue weighted by Gasteiger charge is 2.12. The molecule has 0 fully saturated rings. The largest absolute Gasteiger partial charge is 0.481 e. The van der Waals surface area contributed by atoms with Crippen molar-refractivity contribution in [2.45, 2.75) is 30.7 Å². The van der Waals surface area contributed by atoms with E-state index >= 15 is 0 Å². The zero-order chi connectivity index (χ0) is 16.1. The van der Waals surface area contributed by atoms with Crippen molar-refractivity contribution in [3.8, 4) is 0 Å². The number of rotatable bonds is 6. The summed E-state index contributed by atoms with van der Waals surface area (Å²) < 4.78 is 0.920. The van der Waals surface area contributed by atoms with Crippen molar-refractivity contribution in [2.75, 3.05) is 5.84 Å². The van der Waals surface area contributed by atoms with E-state index in [1.54, 1.807) is 0 Å². The fraction of sp³-hybridized carbons (Fsp3) is 0.286. The maximum atomic E-state index is 12.0. The molecule has 0 atom stereocenters. The lowest BCUT2D eigenvalue weighted by molar-refractivity contribution is -0.136. The first-order valence-electron chi connectivity index (χ1n) is 6.61. The highest BCUT2D eigenvalue weighted by Crippen LogP contribution is 2.18. The second-order valence-corrected chi connectivity index (χ2v) is 5.71. The minimum absolute atomic E-state index is 0.0152. The van der Waals surface area contributed by atoms with E-state index in [1.807, 2.05) is 31.2 Å². The number of nitrogens with two attached hydrogens (primary N) is 1. The molecule has 8 heteroatoms. The van der Waals surface area contributed by atoms with Crippen LogP contribution in [-0.2, 0) is 17.0 Å². The molecule has 0 bridgehead atoms. The van der Waals surface area contributed by atoms with E-state index < -0.39 is 11.5 Å². The summed E-state index contributed by atoms with van der Waals surface area (Å²) in [6, 6.07) is 8.00. The van der Waals surface area contributed by atoms with Crippen LogP contribution in [0, 0.1) is 6.92 Å². The Kier molecular flexibility index (Phi) is 5.16. The molecule has 0 saturated carbocycles. The van der Waals surface area contributed by atoms with Crippen molar-refractivity contribution in [2.24, 2.45) is 0 Å². The molecule has 2 aromatic rings. The van der Waals surface area contributed by atoms with Crippen LogP contribution in [0.25, 0.3) is 0 Å². The minimum Gasteiger partial charge on any atom is -0.481 e. The summed E-state index contributed by atoms with van der Waals surface area (Å²) in [5.41, 5.74) is 1.80. The minimum atomic E-state index is -0.998. The number of nitrogens with zero attached hydrogens (tertiary/aromatic N) is 3. The summed E-state index contributed by atoms with van der Waals surface area (Å²) >= 11 is 1.30. The quantitative estimate of drug-likeness (QED) is 0.602. The molecule has 0 radical (unpaired) electrons.